The predicted molar refractivity (Wildman–Crippen MR) is 305 cm³/mol. The van der Waals surface area contributed by atoms with Crippen molar-refractivity contribution in [3.8, 4) is 59.7 Å². The fourth-order valence-corrected chi connectivity index (χ4v) is 3.83. The summed E-state index contributed by atoms with van der Waals surface area (Å²) in [6.07, 6.45) is 13.8. The van der Waals surface area contributed by atoms with E-state index >= 15 is 0 Å². The van der Waals surface area contributed by atoms with Crippen LogP contribution in [0.4, 0.5) is 0 Å². The van der Waals surface area contributed by atoms with Gasteiger partial charge in [-0.15, -0.1) is 37.0 Å². The van der Waals surface area contributed by atoms with Crippen LogP contribution >= 0.6 is 0 Å². The smallest absolute Gasteiger partial charge is 0.127 e. The summed E-state index contributed by atoms with van der Waals surface area (Å²) in [6, 6.07) is 72.8. The number of rotatable bonds is 3. The number of para-hydroxylation sites is 2. The molecule has 66 heavy (non-hydrogen) atoms. The van der Waals surface area contributed by atoms with E-state index in [1.54, 1.807) is 20.8 Å². The van der Waals surface area contributed by atoms with Gasteiger partial charge in [-0.25, -0.2) is 0 Å². The Kier molecular flexibility index (Phi) is 80.6. The number of ether oxygens (including phenoxy) is 1. The number of aryl methyl sites for hydroxylation is 2. The van der Waals surface area contributed by atoms with Gasteiger partial charge in [0.05, 0.1) is 0 Å². The van der Waals surface area contributed by atoms with E-state index in [9.17, 15) is 0 Å². The first-order valence-electron chi connectivity index (χ1n) is 23.5. The van der Waals surface area contributed by atoms with Crippen LogP contribution in [0.25, 0.3) is 11.1 Å². The summed E-state index contributed by atoms with van der Waals surface area (Å²) >= 11 is 0. The van der Waals surface area contributed by atoms with Gasteiger partial charge in [-0.2, -0.15) is 0 Å². The van der Waals surface area contributed by atoms with Gasteiger partial charge in [0.15, 0.2) is 0 Å². The number of hydrogen-bond acceptors (Lipinski definition) is 1. The van der Waals surface area contributed by atoms with Gasteiger partial charge in [0, 0.05) is 0 Å². The highest BCUT2D eigenvalue weighted by atomic mass is 16.5. The van der Waals surface area contributed by atoms with E-state index in [-0.39, 0.29) is 0 Å². The van der Waals surface area contributed by atoms with Gasteiger partial charge in [0.1, 0.15) is 11.5 Å². The molecule has 0 aromatic heterocycles. The van der Waals surface area contributed by atoms with Crippen molar-refractivity contribution in [2.75, 3.05) is 0 Å². The van der Waals surface area contributed by atoms with E-state index < -0.39 is 0 Å². The van der Waals surface area contributed by atoms with Crippen LogP contribution in [0.15, 0.2) is 218 Å². The Bertz CT molecular complexity index is 1730. The molecule has 356 valence electrons. The van der Waals surface area contributed by atoms with Crippen LogP contribution in [0.1, 0.15) is 115 Å². The first kappa shape index (κ1) is 73.4. The molecule has 0 heterocycles. The van der Waals surface area contributed by atoms with Crippen LogP contribution in [0.5, 0.6) is 11.5 Å². The van der Waals surface area contributed by atoms with Crippen molar-refractivity contribution in [1.82, 2.24) is 0 Å². The van der Waals surface area contributed by atoms with E-state index in [1.807, 2.05) is 229 Å². The maximum Gasteiger partial charge on any atom is 0.127 e. The van der Waals surface area contributed by atoms with Crippen LogP contribution in [0.2, 0.25) is 0 Å². The molecule has 7 rings (SSSR count). The summed E-state index contributed by atoms with van der Waals surface area (Å²) in [7, 11) is 0. The quantitative estimate of drug-likeness (QED) is 0.161. The summed E-state index contributed by atoms with van der Waals surface area (Å²) in [6.45, 7) is 33.1. The van der Waals surface area contributed by atoms with Crippen LogP contribution in [-0.4, -0.2) is 0 Å². The molecule has 0 aliphatic heterocycles. The van der Waals surface area contributed by atoms with E-state index in [0.717, 1.165) is 11.5 Å². The van der Waals surface area contributed by atoms with Crippen molar-refractivity contribution in [3.63, 3.8) is 0 Å². The van der Waals surface area contributed by atoms with Gasteiger partial charge in [0.25, 0.3) is 0 Å². The molecule has 0 radical (unpaired) electrons. The van der Waals surface area contributed by atoms with E-state index in [2.05, 4.69) is 124 Å². The van der Waals surface area contributed by atoms with Crippen molar-refractivity contribution in [3.05, 3.63) is 230 Å². The summed E-state index contributed by atoms with van der Waals surface area (Å²) in [4.78, 5) is 0. The van der Waals surface area contributed by atoms with Crippen molar-refractivity contribution in [2.24, 2.45) is 0 Å². The minimum Gasteiger partial charge on any atom is -0.457 e. The third-order valence-electron chi connectivity index (χ3n) is 6.15. The third kappa shape index (κ3) is 59.1. The van der Waals surface area contributed by atoms with Gasteiger partial charge in [0.2, 0.25) is 0 Å². The van der Waals surface area contributed by atoms with Gasteiger partial charge in [-0.1, -0.05) is 288 Å². The van der Waals surface area contributed by atoms with Gasteiger partial charge in [-0.3, -0.25) is 0 Å². The van der Waals surface area contributed by atoms with Gasteiger partial charge >= 0.3 is 0 Å². The second-order valence-corrected chi connectivity index (χ2v) is 10.8. The molecular weight excluding hydrogens is 797 g/mol. The number of hydrogen-bond donors (Lipinski definition) is 0. The Balaban J connectivity index is -0.000000122. The van der Waals surface area contributed by atoms with Crippen molar-refractivity contribution in [2.45, 2.75) is 118 Å². The average Bonchev–Trinajstić information content (AvgIpc) is 3.41. The van der Waals surface area contributed by atoms with Crippen molar-refractivity contribution >= 4 is 0 Å². The van der Waals surface area contributed by atoms with Crippen LogP contribution in [0, 0.1) is 50.9 Å². The second kappa shape index (κ2) is 72.5. The Hall–Kier alpha value is -6.98. The summed E-state index contributed by atoms with van der Waals surface area (Å²) < 4.78 is 5.58. The Morgan fingerprint density at radius 1 is 0.258 bits per heavy atom. The van der Waals surface area contributed by atoms with E-state index in [0.29, 0.717) is 0 Å². The van der Waals surface area contributed by atoms with Crippen molar-refractivity contribution in [1.29, 1.82) is 0 Å². The lowest BCUT2D eigenvalue weighted by atomic mass is 10.1. The summed E-state index contributed by atoms with van der Waals surface area (Å²) in [5.41, 5.74) is 5.20. The lowest BCUT2D eigenvalue weighted by Crippen LogP contribution is -1.81. The molecule has 7 aromatic carbocycles. The molecule has 0 aliphatic carbocycles. The molecule has 0 aliphatic rings. The molecule has 0 saturated heterocycles. The molecule has 0 atom stereocenters. The minimum atomic E-state index is 0.869. The lowest BCUT2D eigenvalue weighted by Gasteiger charge is -2.03. The normalized spacial score (nSPS) is 7.12. The lowest BCUT2D eigenvalue weighted by molar-refractivity contribution is 0.482. The molecule has 1 nitrogen and oxygen atoms in total. The fraction of sp³-hybridized carbons (Fsp3) is 0.262. The van der Waals surface area contributed by atoms with Gasteiger partial charge < -0.3 is 4.74 Å². The Morgan fingerprint density at radius 2 is 0.394 bits per heavy atom. The summed E-state index contributed by atoms with van der Waals surface area (Å²) in [5.74, 6) is 8.49. The molecule has 0 saturated carbocycles. The zero-order valence-electron chi connectivity index (χ0n) is 44.4. The minimum absolute atomic E-state index is 0.869. The largest absolute Gasteiger partial charge is 0.457 e. The first-order chi connectivity index (χ1) is 32.4. The fourth-order valence-electron chi connectivity index (χ4n) is 3.83. The molecule has 0 amide bonds. The maximum absolute atomic E-state index is 5.58. The highest BCUT2D eigenvalue weighted by Gasteiger charge is 1.93. The molecule has 0 unspecified atom stereocenters. The standard InChI is InChI=1S/C12H10O.C12H10.2C7H8.C6H6.3C3H4.6C2H6/c1-3-7-11(8-4-1)13-12-9-5-2-6-10-12;1-3-7-11(8-4-1)12-9-5-2-6-10-12;2*1-7-5-3-2-4-6-7;1-2-4-6-5-3-1;3*1-3-2;6*1-2/h1-10H;1-10H;2*2-6H,1H3;1-6H;3*1H,2H3;6*1-2H3. The predicted octanol–water partition coefficient (Wildman–Crippen LogP) is 20.6. The Labute approximate surface area is 409 Å². The number of terminal acetylenes is 3. The highest BCUT2D eigenvalue weighted by Crippen LogP contribution is 2.19. The molecule has 0 spiro atoms. The van der Waals surface area contributed by atoms with Crippen LogP contribution < -0.4 is 4.74 Å². The second-order valence-electron chi connectivity index (χ2n) is 10.8. The molecule has 0 bridgehead atoms. The SMILES string of the molecule is C#CC.C#CC.C#CC.CC.CC.CC.CC.CC.CC.Cc1ccccc1.Cc1ccccc1.c1ccc(-c2ccccc2)cc1.c1ccc(Oc2ccccc2)cc1.c1ccccc1. The van der Waals surface area contributed by atoms with E-state index in [4.69, 9.17) is 4.74 Å². The molecule has 0 N–H and O–H groups in total. The monoisotopic (exact) mass is 887 g/mol. The van der Waals surface area contributed by atoms with Gasteiger partial charge in [-0.05, 0) is 70.0 Å². The molecular formula is C65H90O. The third-order valence-corrected chi connectivity index (χ3v) is 6.15. The van der Waals surface area contributed by atoms with E-state index in [1.165, 1.54) is 22.3 Å². The summed E-state index contributed by atoms with van der Waals surface area (Å²) in [5, 5.41) is 0. The first-order valence-corrected chi connectivity index (χ1v) is 23.5. The molecule has 1 heteroatoms. The van der Waals surface area contributed by atoms with Crippen molar-refractivity contribution < 1.29 is 4.74 Å². The van der Waals surface area contributed by atoms with Crippen LogP contribution in [0.3, 0.4) is 0 Å². The number of benzene rings is 7. The zero-order chi connectivity index (χ0) is 51.7. The van der Waals surface area contributed by atoms with Crippen LogP contribution in [-0.2, 0) is 0 Å². The highest BCUT2D eigenvalue weighted by molar-refractivity contribution is 5.62. The average molecular weight is 887 g/mol. The Morgan fingerprint density at radius 3 is 0.545 bits per heavy atom. The maximum atomic E-state index is 5.58. The molecule has 7 aromatic rings. The topological polar surface area (TPSA) is 9.23 Å². The zero-order valence-corrected chi connectivity index (χ0v) is 44.4. The molecule has 0 fully saturated rings.